The van der Waals surface area contributed by atoms with Crippen LogP contribution in [0, 0.1) is 0 Å². The Kier molecular flexibility index (Phi) is 3.91. The lowest BCUT2D eigenvalue weighted by Crippen LogP contribution is -2.00. The number of anilines is 2. The van der Waals surface area contributed by atoms with Gasteiger partial charge in [0, 0.05) is 11.8 Å². The Morgan fingerprint density at radius 1 is 1.05 bits per heavy atom. The van der Waals surface area contributed by atoms with E-state index in [1.54, 1.807) is 0 Å². The van der Waals surface area contributed by atoms with Gasteiger partial charge in [0.15, 0.2) is 0 Å². The first-order valence-corrected chi connectivity index (χ1v) is 7.09. The predicted octanol–water partition coefficient (Wildman–Crippen LogP) is 2.77. The number of aromatic nitrogens is 2. The summed E-state index contributed by atoms with van der Waals surface area (Å²) < 4.78 is 30.6. The van der Waals surface area contributed by atoms with E-state index >= 15 is 0 Å². The molecule has 0 bridgehead atoms. The molecule has 0 aliphatic carbocycles. The molecule has 0 atom stereocenters. The van der Waals surface area contributed by atoms with Gasteiger partial charge < -0.3 is 5.32 Å². The molecule has 2 aromatic rings. The molecule has 9 heteroatoms. The van der Waals surface area contributed by atoms with Crippen molar-refractivity contribution in [1.82, 2.24) is 9.97 Å². The summed E-state index contributed by atoms with van der Waals surface area (Å²) in [5.41, 5.74) is 0.519. The van der Waals surface area contributed by atoms with Crippen molar-refractivity contribution in [1.29, 1.82) is 0 Å². The van der Waals surface area contributed by atoms with Crippen molar-refractivity contribution < 1.29 is 13.0 Å². The van der Waals surface area contributed by atoms with Crippen molar-refractivity contribution in [2.45, 2.75) is 4.90 Å². The van der Waals surface area contributed by atoms with E-state index in [-0.39, 0.29) is 21.2 Å². The Hall–Kier alpha value is -1.41. The molecule has 1 aromatic heterocycles. The molecule has 0 radical (unpaired) electrons. The van der Waals surface area contributed by atoms with Crippen LogP contribution in [0.3, 0.4) is 0 Å². The quantitative estimate of drug-likeness (QED) is 0.667. The molecule has 0 amide bonds. The lowest BCUT2D eigenvalue weighted by atomic mass is 10.3. The summed E-state index contributed by atoms with van der Waals surface area (Å²) in [4.78, 5) is 7.58. The number of hydrogen-bond acceptors (Lipinski definition) is 5. The molecule has 0 saturated carbocycles. The molecule has 1 heterocycles. The molecular weight excluding hydrogens is 313 g/mol. The van der Waals surface area contributed by atoms with Crippen LogP contribution in [-0.4, -0.2) is 22.9 Å². The highest BCUT2D eigenvalue weighted by Gasteiger charge is 2.09. The number of rotatable bonds is 3. The highest BCUT2D eigenvalue weighted by atomic mass is 35.5. The van der Waals surface area contributed by atoms with Gasteiger partial charge in [-0.3, -0.25) is 4.55 Å². The number of benzene rings is 1. The molecule has 6 nitrogen and oxygen atoms in total. The van der Waals surface area contributed by atoms with E-state index in [4.69, 9.17) is 27.8 Å². The molecule has 0 aliphatic rings. The minimum absolute atomic E-state index is 0.178. The second kappa shape index (κ2) is 5.30. The fourth-order valence-corrected chi connectivity index (χ4v) is 2.19. The largest absolute Gasteiger partial charge is 0.324 e. The van der Waals surface area contributed by atoms with Crippen molar-refractivity contribution >= 4 is 45.0 Å². The Morgan fingerprint density at radius 2 is 1.58 bits per heavy atom. The molecule has 0 unspecified atom stereocenters. The molecule has 2 N–H and O–H groups in total. The molecule has 1 aromatic carbocycles. The van der Waals surface area contributed by atoms with Gasteiger partial charge in [0.25, 0.3) is 10.1 Å². The van der Waals surface area contributed by atoms with Gasteiger partial charge >= 0.3 is 0 Å². The zero-order valence-corrected chi connectivity index (χ0v) is 11.5. The van der Waals surface area contributed by atoms with Gasteiger partial charge in [-0.2, -0.15) is 8.42 Å². The third-order valence-corrected chi connectivity index (χ3v) is 3.33. The van der Waals surface area contributed by atoms with E-state index in [0.717, 1.165) is 0 Å². The van der Waals surface area contributed by atoms with Crippen LogP contribution in [0.25, 0.3) is 0 Å². The van der Waals surface area contributed by atoms with E-state index in [9.17, 15) is 8.42 Å². The van der Waals surface area contributed by atoms with Crippen LogP contribution in [0.4, 0.5) is 11.6 Å². The molecule has 0 saturated heterocycles. The molecule has 2 rings (SSSR count). The second-order valence-electron chi connectivity index (χ2n) is 3.46. The van der Waals surface area contributed by atoms with Crippen molar-refractivity contribution in [2.75, 3.05) is 5.32 Å². The van der Waals surface area contributed by atoms with Gasteiger partial charge in [-0.1, -0.05) is 23.2 Å². The molecule has 0 spiro atoms. The molecular formula is C10H7Cl2N3O3S. The maximum atomic E-state index is 10.9. The van der Waals surface area contributed by atoms with Crippen molar-refractivity contribution in [3.63, 3.8) is 0 Å². The topological polar surface area (TPSA) is 92.2 Å². The van der Waals surface area contributed by atoms with Gasteiger partial charge in [0.1, 0.15) is 10.3 Å². The molecule has 0 aliphatic heterocycles. The summed E-state index contributed by atoms with van der Waals surface area (Å²) in [5.74, 6) is 0.178. The smallest absolute Gasteiger partial charge is 0.294 e. The average Bonchev–Trinajstić information content (AvgIpc) is 2.26. The fourth-order valence-electron chi connectivity index (χ4n) is 1.29. The third-order valence-electron chi connectivity index (χ3n) is 2.07. The first-order chi connectivity index (χ1) is 8.84. The van der Waals surface area contributed by atoms with Crippen LogP contribution >= 0.6 is 23.2 Å². The fraction of sp³-hybridized carbons (Fsp3) is 0. The summed E-state index contributed by atoms with van der Waals surface area (Å²) in [6.07, 6.45) is 0. The molecule has 0 fully saturated rings. The normalized spacial score (nSPS) is 11.3. The standard InChI is InChI=1S/C10H7Cl2N3O3S/c11-8-5-9(12)15-10(14-8)13-6-1-3-7(4-2-6)19(16,17)18/h1-5H,(H,13,14,15)(H,16,17,18). The summed E-state index contributed by atoms with van der Waals surface area (Å²) in [7, 11) is -4.21. The number of nitrogens with one attached hydrogen (secondary N) is 1. The van der Waals surface area contributed by atoms with Crippen LogP contribution in [-0.2, 0) is 10.1 Å². The summed E-state index contributed by atoms with van der Waals surface area (Å²) in [5, 5.41) is 3.15. The lowest BCUT2D eigenvalue weighted by molar-refractivity contribution is 0.483. The maximum Gasteiger partial charge on any atom is 0.294 e. The number of hydrogen-bond donors (Lipinski definition) is 2. The Balaban J connectivity index is 2.24. The minimum atomic E-state index is -4.21. The Labute approximate surface area is 119 Å². The SMILES string of the molecule is O=S(=O)(O)c1ccc(Nc2nc(Cl)cc(Cl)n2)cc1. The van der Waals surface area contributed by atoms with Crippen LogP contribution in [0.1, 0.15) is 0 Å². The number of nitrogens with zero attached hydrogens (tertiary/aromatic N) is 2. The van der Waals surface area contributed by atoms with Crippen LogP contribution in [0.5, 0.6) is 0 Å². The van der Waals surface area contributed by atoms with Gasteiger partial charge in [0.05, 0.1) is 4.90 Å². The Morgan fingerprint density at radius 3 is 2.05 bits per heavy atom. The van der Waals surface area contributed by atoms with E-state index < -0.39 is 10.1 Å². The van der Waals surface area contributed by atoms with Crippen molar-refractivity contribution in [2.24, 2.45) is 0 Å². The van der Waals surface area contributed by atoms with Crippen LogP contribution < -0.4 is 5.32 Å². The highest BCUT2D eigenvalue weighted by Crippen LogP contribution is 2.19. The van der Waals surface area contributed by atoms with E-state index in [2.05, 4.69) is 15.3 Å². The van der Waals surface area contributed by atoms with Crippen LogP contribution in [0.2, 0.25) is 10.3 Å². The second-order valence-corrected chi connectivity index (χ2v) is 5.66. The predicted molar refractivity (Wildman–Crippen MR) is 71.6 cm³/mol. The summed E-state index contributed by atoms with van der Waals surface area (Å²) >= 11 is 11.4. The van der Waals surface area contributed by atoms with Gasteiger partial charge in [-0.05, 0) is 24.3 Å². The molecule has 19 heavy (non-hydrogen) atoms. The van der Waals surface area contributed by atoms with Crippen molar-refractivity contribution in [3.8, 4) is 0 Å². The van der Waals surface area contributed by atoms with Gasteiger partial charge in [0.2, 0.25) is 5.95 Å². The Bertz CT molecular complexity index is 684. The van der Waals surface area contributed by atoms with Gasteiger partial charge in [-0.15, -0.1) is 0 Å². The zero-order valence-electron chi connectivity index (χ0n) is 9.21. The van der Waals surface area contributed by atoms with Gasteiger partial charge in [-0.25, -0.2) is 9.97 Å². The summed E-state index contributed by atoms with van der Waals surface area (Å²) in [6, 6.07) is 6.76. The summed E-state index contributed by atoms with van der Waals surface area (Å²) in [6.45, 7) is 0. The zero-order chi connectivity index (χ0) is 14.0. The first kappa shape index (κ1) is 14.0. The lowest BCUT2D eigenvalue weighted by Gasteiger charge is -2.05. The average molecular weight is 320 g/mol. The first-order valence-electron chi connectivity index (χ1n) is 4.89. The maximum absolute atomic E-state index is 10.9. The highest BCUT2D eigenvalue weighted by molar-refractivity contribution is 7.85. The van der Waals surface area contributed by atoms with Crippen LogP contribution in [0.15, 0.2) is 35.2 Å². The van der Waals surface area contributed by atoms with E-state index in [1.807, 2.05) is 0 Å². The van der Waals surface area contributed by atoms with Crippen molar-refractivity contribution in [3.05, 3.63) is 40.6 Å². The van der Waals surface area contributed by atoms with E-state index in [1.165, 1.54) is 30.3 Å². The number of halogens is 2. The minimum Gasteiger partial charge on any atom is -0.324 e. The molecule has 100 valence electrons. The van der Waals surface area contributed by atoms with E-state index in [0.29, 0.717) is 5.69 Å². The monoisotopic (exact) mass is 319 g/mol. The third kappa shape index (κ3) is 3.77.